The molecule has 0 saturated heterocycles. The van der Waals surface area contributed by atoms with Crippen LogP contribution in [-0.4, -0.2) is 17.2 Å². The Morgan fingerprint density at radius 3 is 2.75 bits per heavy atom. The van der Waals surface area contributed by atoms with Gasteiger partial charge in [0.2, 0.25) is 0 Å². The van der Waals surface area contributed by atoms with Crippen LogP contribution in [0.1, 0.15) is 37.0 Å². The Kier molecular flexibility index (Phi) is 4.80. The molecule has 0 amide bonds. The van der Waals surface area contributed by atoms with Gasteiger partial charge in [-0.3, -0.25) is 0 Å². The maximum absolute atomic E-state index is 10.7. The lowest BCUT2D eigenvalue weighted by molar-refractivity contribution is 0.0696. The van der Waals surface area contributed by atoms with Crippen molar-refractivity contribution in [2.45, 2.75) is 32.8 Å². The van der Waals surface area contributed by atoms with Gasteiger partial charge in [0.1, 0.15) is 5.75 Å². The van der Waals surface area contributed by atoms with Crippen molar-refractivity contribution in [2.24, 2.45) is 0 Å². The van der Waals surface area contributed by atoms with Crippen molar-refractivity contribution in [3.8, 4) is 5.75 Å². The molecule has 3 nitrogen and oxygen atoms in total. The monoisotopic (exact) mass is 286 g/mol. The minimum Gasteiger partial charge on any atom is -0.490 e. The second-order valence-electron chi connectivity index (χ2n) is 3.67. The summed E-state index contributed by atoms with van der Waals surface area (Å²) in [5, 5.41) is 8.80. The lowest BCUT2D eigenvalue weighted by atomic mass is 10.2. The smallest absolute Gasteiger partial charge is 0.335 e. The number of hydrogen-bond acceptors (Lipinski definition) is 2. The van der Waals surface area contributed by atoms with E-state index in [4.69, 9.17) is 9.84 Å². The van der Waals surface area contributed by atoms with Gasteiger partial charge in [-0.15, -0.1) is 0 Å². The molecule has 0 unspecified atom stereocenters. The second-order valence-corrected chi connectivity index (χ2v) is 4.52. The largest absolute Gasteiger partial charge is 0.490 e. The molecular weight excluding hydrogens is 272 g/mol. The minimum atomic E-state index is -0.936. The zero-order chi connectivity index (χ0) is 12.1. The molecule has 0 fully saturated rings. The molecule has 0 bridgehead atoms. The van der Waals surface area contributed by atoms with Crippen molar-refractivity contribution in [3.63, 3.8) is 0 Å². The number of benzene rings is 1. The molecule has 1 aromatic rings. The van der Waals surface area contributed by atoms with Gasteiger partial charge in [0.05, 0.1) is 16.1 Å². The van der Waals surface area contributed by atoms with Gasteiger partial charge in [0, 0.05) is 0 Å². The van der Waals surface area contributed by atoms with Crippen LogP contribution in [0, 0.1) is 0 Å². The number of carboxylic acids is 1. The fourth-order valence-corrected chi connectivity index (χ4v) is 1.88. The molecule has 0 aliphatic rings. The molecule has 1 aromatic carbocycles. The van der Waals surface area contributed by atoms with Gasteiger partial charge in [0.15, 0.2) is 0 Å². The Labute approximate surface area is 104 Å². The number of aromatic carboxylic acids is 1. The molecule has 0 spiro atoms. The normalized spacial score (nSPS) is 12.2. The molecule has 16 heavy (non-hydrogen) atoms. The standard InChI is InChI=1S/C12H15BrO3/c1-3-4-8(2)16-11-6-5-9(12(14)15)7-10(11)13/h5-8H,3-4H2,1-2H3,(H,14,15)/t8-/m0/s1. The number of hydrogen-bond donors (Lipinski definition) is 1. The van der Waals surface area contributed by atoms with Crippen molar-refractivity contribution in [1.29, 1.82) is 0 Å². The molecule has 0 radical (unpaired) electrons. The summed E-state index contributed by atoms with van der Waals surface area (Å²) in [6, 6.07) is 4.77. The summed E-state index contributed by atoms with van der Waals surface area (Å²) in [7, 11) is 0. The number of carbonyl (C=O) groups is 1. The highest BCUT2D eigenvalue weighted by atomic mass is 79.9. The highest BCUT2D eigenvalue weighted by Crippen LogP contribution is 2.27. The van der Waals surface area contributed by atoms with Crippen LogP contribution in [0.2, 0.25) is 0 Å². The van der Waals surface area contributed by atoms with Crippen molar-refractivity contribution in [2.75, 3.05) is 0 Å². The van der Waals surface area contributed by atoms with E-state index in [-0.39, 0.29) is 11.7 Å². The van der Waals surface area contributed by atoms with E-state index in [1.165, 1.54) is 0 Å². The predicted molar refractivity (Wildman–Crippen MR) is 66.1 cm³/mol. The Morgan fingerprint density at radius 2 is 2.25 bits per heavy atom. The summed E-state index contributed by atoms with van der Waals surface area (Å²) in [5.41, 5.74) is 0.252. The maximum Gasteiger partial charge on any atom is 0.335 e. The van der Waals surface area contributed by atoms with Crippen LogP contribution < -0.4 is 4.74 Å². The van der Waals surface area contributed by atoms with Crippen LogP contribution >= 0.6 is 15.9 Å². The second kappa shape index (κ2) is 5.89. The first kappa shape index (κ1) is 13.0. The van der Waals surface area contributed by atoms with E-state index in [1.807, 2.05) is 6.92 Å². The van der Waals surface area contributed by atoms with E-state index in [9.17, 15) is 4.79 Å². The summed E-state index contributed by atoms with van der Waals surface area (Å²) in [4.78, 5) is 10.7. The van der Waals surface area contributed by atoms with E-state index in [2.05, 4.69) is 22.9 Å². The van der Waals surface area contributed by atoms with Crippen molar-refractivity contribution >= 4 is 21.9 Å². The zero-order valence-electron chi connectivity index (χ0n) is 9.37. The molecule has 1 N–H and O–H groups in total. The lowest BCUT2D eigenvalue weighted by Gasteiger charge is -2.15. The van der Waals surface area contributed by atoms with Gasteiger partial charge in [-0.05, 0) is 47.5 Å². The van der Waals surface area contributed by atoms with Crippen LogP contribution in [0.15, 0.2) is 22.7 Å². The van der Waals surface area contributed by atoms with Gasteiger partial charge in [-0.2, -0.15) is 0 Å². The first-order chi connectivity index (χ1) is 7.54. The van der Waals surface area contributed by atoms with Crippen LogP contribution in [0.3, 0.4) is 0 Å². The van der Waals surface area contributed by atoms with E-state index < -0.39 is 5.97 Å². The average molecular weight is 287 g/mol. The summed E-state index contributed by atoms with van der Waals surface area (Å²) >= 11 is 3.31. The highest BCUT2D eigenvalue weighted by Gasteiger charge is 2.09. The van der Waals surface area contributed by atoms with Gasteiger partial charge in [0.25, 0.3) is 0 Å². The molecule has 0 saturated carbocycles. The van der Waals surface area contributed by atoms with E-state index >= 15 is 0 Å². The van der Waals surface area contributed by atoms with Gasteiger partial charge in [-0.1, -0.05) is 13.3 Å². The summed E-state index contributed by atoms with van der Waals surface area (Å²) in [6.45, 7) is 4.10. The number of halogens is 1. The zero-order valence-corrected chi connectivity index (χ0v) is 11.0. The Bertz CT molecular complexity index is 377. The SMILES string of the molecule is CCC[C@H](C)Oc1ccc(C(=O)O)cc1Br. The van der Waals surface area contributed by atoms with Crippen molar-refractivity contribution < 1.29 is 14.6 Å². The molecule has 0 aliphatic heterocycles. The van der Waals surface area contributed by atoms with Gasteiger partial charge >= 0.3 is 5.97 Å². The van der Waals surface area contributed by atoms with Crippen LogP contribution in [0.25, 0.3) is 0 Å². The third-order valence-corrected chi connectivity index (χ3v) is 2.82. The molecule has 0 heterocycles. The van der Waals surface area contributed by atoms with Crippen molar-refractivity contribution in [3.05, 3.63) is 28.2 Å². The lowest BCUT2D eigenvalue weighted by Crippen LogP contribution is -2.11. The van der Waals surface area contributed by atoms with Crippen LogP contribution in [0.4, 0.5) is 0 Å². The van der Waals surface area contributed by atoms with E-state index in [1.54, 1.807) is 18.2 Å². The number of carboxylic acid groups (broad SMARTS) is 1. The highest BCUT2D eigenvalue weighted by molar-refractivity contribution is 9.10. The molecule has 1 rings (SSSR count). The first-order valence-corrected chi connectivity index (χ1v) is 6.03. The Hall–Kier alpha value is -1.03. The Balaban J connectivity index is 2.79. The molecule has 0 aliphatic carbocycles. The Morgan fingerprint density at radius 1 is 1.56 bits per heavy atom. The molecule has 0 aromatic heterocycles. The number of ether oxygens (including phenoxy) is 1. The third-order valence-electron chi connectivity index (χ3n) is 2.20. The summed E-state index contributed by atoms with van der Waals surface area (Å²) in [5.74, 6) is -0.250. The molecular formula is C12H15BrO3. The first-order valence-electron chi connectivity index (χ1n) is 5.24. The average Bonchev–Trinajstić information content (AvgIpc) is 2.21. The third kappa shape index (κ3) is 3.52. The summed E-state index contributed by atoms with van der Waals surface area (Å²) < 4.78 is 6.36. The maximum atomic E-state index is 10.7. The van der Waals surface area contributed by atoms with Gasteiger partial charge < -0.3 is 9.84 Å². The molecule has 4 heteroatoms. The van der Waals surface area contributed by atoms with Crippen molar-refractivity contribution in [1.82, 2.24) is 0 Å². The van der Waals surface area contributed by atoms with Crippen LogP contribution in [-0.2, 0) is 0 Å². The quantitative estimate of drug-likeness (QED) is 0.897. The van der Waals surface area contributed by atoms with Crippen LogP contribution in [0.5, 0.6) is 5.75 Å². The molecule has 88 valence electrons. The fourth-order valence-electron chi connectivity index (χ4n) is 1.41. The predicted octanol–water partition coefficient (Wildman–Crippen LogP) is 3.71. The topological polar surface area (TPSA) is 46.5 Å². The summed E-state index contributed by atoms with van der Waals surface area (Å²) in [6.07, 6.45) is 2.18. The van der Waals surface area contributed by atoms with Gasteiger partial charge in [-0.25, -0.2) is 4.79 Å². The van der Waals surface area contributed by atoms with E-state index in [0.717, 1.165) is 12.8 Å². The number of rotatable bonds is 5. The van der Waals surface area contributed by atoms with E-state index in [0.29, 0.717) is 10.2 Å². The fraction of sp³-hybridized carbons (Fsp3) is 0.417. The molecule has 1 atom stereocenters. The minimum absolute atomic E-state index is 0.136.